The van der Waals surface area contributed by atoms with Gasteiger partial charge in [-0.25, -0.2) is 0 Å². The average molecular weight is 379 g/mol. The van der Waals surface area contributed by atoms with E-state index in [1.807, 2.05) is 18.2 Å². The lowest BCUT2D eigenvalue weighted by Gasteiger charge is -2.14. The lowest BCUT2D eigenvalue weighted by atomic mass is 10.2. The molecule has 2 aromatic carbocycles. The lowest BCUT2D eigenvalue weighted by Crippen LogP contribution is -2.00. The van der Waals surface area contributed by atoms with E-state index in [1.54, 1.807) is 25.3 Å². The Labute approximate surface area is 154 Å². The molecule has 0 saturated heterocycles. The molecule has 0 saturated carbocycles. The van der Waals surface area contributed by atoms with E-state index in [2.05, 4.69) is 25.9 Å². The molecule has 0 atom stereocenters. The van der Waals surface area contributed by atoms with E-state index in [0.717, 1.165) is 11.1 Å². The predicted octanol–water partition coefficient (Wildman–Crippen LogP) is 4.30. The van der Waals surface area contributed by atoms with E-state index in [0.29, 0.717) is 34.0 Å². The highest BCUT2D eigenvalue weighted by Crippen LogP contribution is 2.32. The number of nitrogens with one attached hydrogen (secondary N) is 1. The summed E-state index contributed by atoms with van der Waals surface area (Å²) in [5.41, 5.74) is 1.65. The molecule has 1 N–H and O–H groups in total. The quantitative estimate of drug-likeness (QED) is 0.661. The van der Waals surface area contributed by atoms with Gasteiger partial charge in [0.2, 0.25) is 0 Å². The molecule has 0 amide bonds. The zero-order valence-electron chi connectivity index (χ0n) is 13.2. The van der Waals surface area contributed by atoms with Crippen LogP contribution in [0.4, 0.5) is 5.95 Å². The second-order valence-electron chi connectivity index (χ2n) is 5.00. The molecule has 0 aliphatic heterocycles. The summed E-state index contributed by atoms with van der Waals surface area (Å²) in [5, 5.41) is 18.7. The number of benzene rings is 2. The summed E-state index contributed by atoms with van der Waals surface area (Å²) >= 11 is 12.3. The van der Waals surface area contributed by atoms with Crippen LogP contribution in [-0.2, 0) is 13.2 Å². The minimum Gasteiger partial charge on any atom is -0.493 e. The minimum absolute atomic E-state index is 0.238. The topological polar surface area (TPSA) is 87.0 Å². The number of hydrogen-bond acceptors (Lipinski definition) is 5. The zero-order valence-corrected chi connectivity index (χ0v) is 14.8. The summed E-state index contributed by atoms with van der Waals surface area (Å²) in [5.74, 6) is 1.47. The van der Waals surface area contributed by atoms with Gasteiger partial charge in [-0.1, -0.05) is 35.3 Å². The maximum Gasteiger partial charge on any atom is 0.161 e. The van der Waals surface area contributed by atoms with Gasteiger partial charge in [0.1, 0.15) is 6.61 Å². The lowest BCUT2D eigenvalue weighted by molar-refractivity contribution is 0.284. The Morgan fingerprint density at radius 1 is 1.12 bits per heavy atom. The first-order valence-corrected chi connectivity index (χ1v) is 8.06. The number of nitrogens with zero attached hydrogens (tertiary/aromatic N) is 4. The molecular formula is C16H14Cl2N5O2-. The van der Waals surface area contributed by atoms with Crippen molar-refractivity contribution in [3.63, 3.8) is 0 Å². The highest BCUT2D eigenvalue weighted by Gasteiger charge is 2.10. The van der Waals surface area contributed by atoms with Gasteiger partial charge in [0.15, 0.2) is 11.5 Å². The minimum atomic E-state index is 0.238. The van der Waals surface area contributed by atoms with Gasteiger partial charge < -0.3 is 14.8 Å². The zero-order chi connectivity index (χ0) is 17.6. The fourth-order valence-corrected chi connectivity index (χ4v) is 2.64. The van der Waals surface area contributed by atoms with Gasteiger partial charge in [-0.15, -0.1) is 5.21 Å². The molecule has 9 heteroatoms. The smallest absolute Gasteiger partial charge is 0.161 e. The van der Waals surface area contributed by atoms with Crippen molar-refractivity contribution in [2.75, 3.05) is 7.11 Å². The van der Waals surface area contributed by atoms with Crippen LogP contribution in [0.3, 0.4) is 0 Å². The summed E-state index contributed by atoms with van der Waals surface area (Å²) in [6, 6.07) is 10.9. The van der Waals surface area contributed by atoms with Crippen LogP contribution in [0.15, 0.2) is 36.4 Å². The van der Waals surface area contributed by atoms with Crippen molar-refractivity contribution >= 4 is 29.2 Å². The predicted molar refractivity (Wildman–Crippen MR) is 94.7 cm³/mol. The van der Waals surface area contributed by atoms with E-state index >= 15 is 0 Å². The van der Waals surface area contributed by atoms with Crippen LogP contribution in [0.25, 0.3) is 5.32 Å². The van der Waals surface area contributed by atoms with Crippen molar-refractivity contribution < 1.29 is 9.47 Å². The van der Waals surface area contributed by atoms with Crippen LogP contribution in [0.5, 0.6) is 11.5 Å². The van der Waals surface area contributed by atoms with Gasteiger partial charge in [0.25, 0.3) is 0 Å². The number of aromatic amines is 1. The van der Waals surface area contributed by atoms with Crippen molar-refractivity contribution in [1.29, 1.82) is 0 Å². The number of rotatable bonds is 7. The maximum atomic E-state index is 6.16. The van der Waals surface area contributed by atoms with Gasteiger partial charge >= 0.3 is 0 Å². The standard InChI is InChI=1S/C16H14Cl2N5O2/c1-24-15-7-10(8-19-16-20-22-23-21-16)5-6-14(15)25-9-11-12(17)3-2-4-13(11)18/h2-7H,8-9H2,1H3,(H-,19,20,21,22,23)/q-1. The molecule has 0 bridgehead atoms. The molecule has 0 radical (unpaired) electrons. The van der Waals surface area contributed by atoms with Gasteiger partial charge in [0, 0.05) is 22.2 Å². The van der Waals surface area contributed by atoms with Crippen molar-refractivity contribution in [3.05, 3.63) is 62.9 Å². The fraction of sp³-hybridized carbons (Fsp3) is 0.188. The largest absolute Gasteiger partial charge is 0.493 e. The summed E-state index contributed by atoms with van der Waals surface area (Å²) in [4.78, 5) is 0. The monoisotopic (exact) mass is 378 g/mol. The van der Waals surface area contributed by atoms with Crippen molar-refractivity contribution in [2.45, 2.75) is 13.2 Å². The SMILES string of the molecule is COc1cc(C[N-]c2nn[nH]n2)ccc1OCc1c(Cl)cccc1Cl. The molecule has 3 aromatic rings. The molecule has 25 heavy (non-hydrogen) atoms. The summed E-state index contributed by atoms with van der Waals surface area (Å²) in [6.07, 6.45) is 0. The fourth-order valence-electron chi connectivity index (χ4n) is 2.14. The van der Waals surface area contributed by atoms with Gasteiger partial charge in [-0.2, -0.15) is 0 Å². The highest BCUT2D eigenvalue weighted by molar-refractivity contribution is 6.35. The van der Waals surface area contributed by atoms with Gasteiger partial charge in [-0.05, 0) is 29.8 Å². The molecule has 0 unspecified atom stereocenters. The Bertz CT molecular complexity index is 822. The first kappa shape index (κ1) is 17.3. The number of tetrazole rings is 1. The average Bonchev–Trinajstić information content (AvgIpc) is 3.13. The summed E-state index contributed by atoms with van der Waals surface area (Å²) < 4.78 is 11.2. The van der Waals surface area contributed by atoms with Crippen molar-refractivity contribution in [1.82, 2.24) is 20.6 Å². The van der Waals surface area contributed by atoms with Crippen LogP contribution >= 0.6 is 23.2 Å². The molecule has 130 valence electrons. The number of hydrogen-bond donors (Lipinski definition) is 1. The third kappa shape index (κ3) is 4.32. The number of methoxy groups -OCH3 is 1. The van der Waals surface area contributed by atoms with Crippen LogP contribution in [0.2, 0.25) is 10.0 Å². The van der Waals surface area contributed by atoms with Crippen LogP contribution < -0.4 is 9.47 Å². The Kier molecular flexibility index (Phi) is 5.57. The maximum absolute atomic E-state index is 6.16. The molecule has 1 heterocycles. The van der Waals surface area contributed by atoms with Crippen LogP contribution in [0.1, 0.15) is 11.1 Å². The number of H-pyrrole nitrogens is 1. The van der Waals surface area contributed by atoms with E-state index in [1.165, 1.54) is 0 Å². The molecule has 0 aliphatic carbocycles. The van der Waals surface area contributed by atoms with E-state index in [4.69, 9.17) is 32.7 Å². The summed E-state index contributed by atoms with van der Waals surface area (Å²) in [6.45, 7) is 0.633. The second-order valence-corrected chi connectivity index (χ2v) is 5.82. The molecule has 1 aromatic heterocycles. The van der Waals surface area contributed by atoms with E-state index < -0.39 is 0 Å². The number of ether oxygens (including phenoxy) is 2. The second kappa shape index (κ2) is 8.04. The Morgan fingerprint density at radius 3 is 2.60 bits per heavy atom. The Morgan fingerprint density at radius 2 is 1.92 bits per heavy atom. The Hall–Kier alpha value is -2.51. The first-order chi connectivity index (χ1) is 12.2. The van der Waals surface area contributed by atoms with Gasteiger partial charge in [-0.3, -0.25) is 15.4 Å². The van der Waals surface area contributed by atoms with Crippen molar-refractivity contribution in [3.8, 4) is 11.5 Å². The molecule has 0 aliphatic rings. The summed E-state index contributed by atoms with van der Waals surface area (Å²) in [7, 11) is 1.57. The number of halogens is 2. The molecular weight excluding hydrogens is 365 g/mol. The molecule has 0 spiro atoms. The molecule has 7 nitrogen and oxygen atoms in total. The molecule has 3 rings (SSSR count). The van der Waals surface area contributed by atoms with Crippen molar-refractivity contribution in [2.24, 2.45) is 0 Å². The van der Waals surface area contributed by atoms with E-state index in [-0.39, 0.29) is 6.61 Å². The first-order valence-electron chi connectivity index (χ1n) is 7.31. The Balaban J connectivity index is 1.69. The van der Waals surface area contributed by atoms with E-state index in [9.17, 15) is 0 Å². The third-order valence-corrected chi connectivity index (χ3v) is 4.11. The third-order valence-electron chi connectivity index (χ3n) is 3.40. The van der Waals surface area contributed by atoms with Crippen LogP contribution in [0, 0.1) is 0 Å². The highest BCUT2D eigenvalue weighted by atomic mass is 35.5. The number of aromatic nitrogens is 4. The van der Waals surface area contributed by atoms with Crippen LogP contribution in [-0.4, -0.2) is 27.7 Å². The normalized spacial score (nSPS) is 10.5. The molecule has 0 fully saturated rings. The van der Waals surface area contributed by atoms with Gasteiger partial charge in [0.05, 0.1) is 13.1 Å².